The maximum Gasteiger partial charge on any atom is 0.234 e. The van der Waals surface area contributed by atoms with Crippen LogP contribution in [0.1, 0.15) is 30.8 Å². The minimum atomic E-state index is -3.31. The number of carbonyl (C=O) groups is 1. The average Bonchev–Trinajstić information content (AvgIpc) is 2.51. The van der Waals surface area contributed by atoms with Gasteiger partial charge in [0.1, 0.15) is 5.69 Å². The molecule has 1 heterocycles. The number of ketones is 1. The summed E-state index contributed by atoms with van der Waals surface area (Å²) >= 11 is 1.11. The first-order valence-electron chi connectivity index (χ1n) is 4.41. The van der Waals surface area contributed by atoms with Crippen LogP contribution in [0, 0.1) is 0 Å². The van der Waals surface area contributed by atoms with E-state index in [0.717, 1.165) is 11.3 Å². The Labute approximate surface area is 92.6 Å². The van der Waals surface area contributed by atoms with Crippen molar-refractivity contribution in [1.29, 1.82) is 0 Å². The van der Waals surface area contributed by atoms with Gasteiger partial charge in [0.15, 0.2) is 10.9 Å². The molecule has 15 heavy (non-hydrogen) atoms. The van der Waals surface area contributed by atoms with Crippen molar-refractivity contribution in [3.05, 3.63) is 11.1 Å². The predicted molar refractivity (Wildman–Crippen MR) is 59.8 cm³/mol. The molecule has 0 radical (unpaired) electrons. The highest BCUT2D eigenvalue weighted by Crippen LogP contribution is 2.17. The second-order valence-corrected chi connectivity index (χ2v) is 5.71. The van der Waals surface area contributed by atoms with Crippen LogP contribution in [-0.2, 0) is 10.0 Å². The number of aromatic nitrogens is 1. The fourth-order valence-corrected chi connectivity index (χ4v) is 3.05. The maximum absolute atomic E-state index is 11.3. The normalized spacial score (nSPS) is 11.3. The van der Waals surface area contributed by atoms with Crippen LogP contribution < -0.4 is 4.72 Å². The Hall–Kier alpha value is -0.950. The Kier molecular flexibility index (Phi) is 3.81. The summed E-state index contributed by atoms with van der Waals surface area (Å²) < 4.78 is 25.0. The molecule has 1 aromatic heterocycles. The van der Waals surface area contributed by atoms with Crippen LogP contribution in [0.15, 0.2) is 5.38 Å². The first-order valence-corrected chi connectivity index (χ1v) is 6.94. The molecule has 0 aromatic carbocycles. The van der Waals surface area contributed by atoms with E-state index in [1.165, 1.54) is 12.3 Å². The number of carbonyl (C=O) groups excluding carboxylic acids is 1. The Bertz CT molecular complexity index is 450. The second-order valence-electron chi connectivity index (χ2n) is 3.02. The summed E-state index contributed by atoms with van der Waals surface area (Å²) in [6, 6.07) is 0. The predicted octanol–water partition coefficient (Wildman–Crippen LogP) is 1.50. The fraction of sp³-hybridized carbons (Fsp3) is 0.500. The van der Waals surface area contributed by atoms with Gasteiger partial charge >= 0.3 is 0 Å². The number of rotatable bonds is 5. The molecule has 7 heteroatoms. The van der Waals surface area contributed by atoms with Crippen LogP contribution in [0.3, 0.4) is 0 Å². The molecular formula is C8H12N2O3S2. The molecule has 84 valence electrons. The SMILES string of the molecule is CCCS(=O)(=O)Nc1nc(C(C)=O)cs1. The largest absolute Gasteiger partial charge is 0.293 e. The number of nitrogens with one attached hydrogen (secondary N) is 1. The van der Waals surface area contributed by atoms with E-state index in [9.17, 15) is 13.2 Å². The molecule has 5 nitrogen and oxygen atoms in total. The van der Waals surface area contributed by atoms with E-state index in [1.807, 2.05) is 0 Å². The topological polar surface area (TPSA) is 76.1 Å². The van der Waals surface area contributed by atoms with Gasteiger partial charge in [-0.3, -0.25) is 9.52 Å². The highest BCUT2D eigenvalue weighted by atomic mass is 32.2. The molecule has 0 aliphatic carbocycles. The number of thiazole rings is 1. The van der Waals surface area contributed by atoms with Gasteiger partial charge in [0, 0.05) is 12.3 Å². The van der Waals surface area contributed by atoms with E-state index >= 15 is 0 Å². The molecule has 0 bridgehead atoms. The Morgan fingerprint density at radius 3 is 2.73 bits per heavy atom. The summed E-state index contributed by atoms with van der Waals surface area (Å²) in [5.74, 6) is -0.116. The minimum Gasteiger partial charge on any atom is -0.293 e. The quantitative estimate of drug-likeness (QED) is 0.801. The fourth-order valence-electron chi connectivity index (χ4n) is 0.935. The van der Waals surface area contributed by atoms with Crippen LogP contribution in [-0.4, -0.2) is 24.9 Å². The van der Waals surface area contributed by atoms with Gasteiger partial charge in [-0.2, -0.15) is 0 Å². The lowest BCUT2D eigenvalue weighted by Crippen LogP contribution is -2.16. The Balaban J connectivity index is 2.77. The summed E-state index contributed by atoms with van der Waals surface area (Å²) in [4.78, 5) is 14.8. The molecule has 0 amide bonds. The minimum absolute atomic E-state index is 0.0575. The van der Waals surface area contributed by atoms with Gasteiger partial charge in [0.25, 0.3) is 0 Å². The molecule has 0 saturated carbocycles. The van der Waals surface area contributed by atoms with Crippen molar-refractivity contribution < 1.29 is 13.2 Å². The maximum atomic E-state index is 11.3. The molecule has 0 spiro atoms. The first kappa shape index (κ1) is 12.1. The molecule has 0 aliphatic rings. The van der Waals surface area contributed by atoms with E-state index in [2.05, 4.69) is 9.71 Å². The molecule has 0 aliphatic heterocycles. The van der Waals surface area contributed by atoms with Crippen molar-refractivity contribution in [2.45, 2.75) is 20.3 Å². The van der Waals surface area contributed by atoms with E-state index < -0.39 is 10.0 Å². The molecule has 1 aromatic rings. The van der Waals surface area contributed by atoms with Crippen molar-refractivity contribution in [2.24, 2.45) is 0 Å². The van der Waals surface area contributed by atoms with Gasteiger partial charge < -0.3 is 0 Å². The van der Waals surface area contributed by atoms with Gasteiger partial charge in [-0.25, -0.2) is 13.4 Å². The second kappa shape index (κ2) is 4.71. The van der Waals surface area contributed by atoms with Gasteiger partial charge in [0.05, 0.1) is 5.75 Å². The number of hydrogen-bond acceptors (Lipinski definition) is 5. The zero-order valence-electron chi connectivity index (χ0n) is 8.48. The zero-order chi connectivity index (χ0) is 11.5. The van der Waals surface area contributed by atoms with Gasteiger partial charge in [-0.05, 0) is 6.42 Å². The third-order valence-corrected chi connectivity index (χ3v) is 3.92. The molecule has 0 atom stereocenters. The monoisotopic (exact) mass is 248 g/mol. The smallest absolute Gasteiger partial charge is 0.234 e. The van der Waals surface area contributed by atoms with Crippen LogP contribution in [0.25, 0.3) is 0 Å². The number of anilines is 1. The summed E-state index contributed by atoms with van der Waals surface area (Å²) in [5, 5.41) is 1.78. The molecular weight excluding hydrogens is 236 g/mol. The van der Waals surface area contributed by atoms with Gasteiger partial charge in [-0.15, -0.1) is 11.3 Å². The highest BCUT2D eigenvalue weighted by Gasteiger charge is 2.12. The van der Waals surface area contributed by atoms with Crippen molar-refractivity contribution in [3.63, 3.8) is 0 Å². The van der Waals surface area contributed by atoms with Crippen LogP contribution in [0.2, 0.25) is 0 Å². The molecule has 0 fully saturated rings. The van der Waals surface area contributed by atoms with Gasteiger partial charge in [0.2, 0.25) is 10.0 Å². The molecule has 0 unspecified atom stereocenters. The highest BCUT2D eigenvalue weighted by molar-refractivity contribution is 7.92. The average molecular weight is 248 g/mol. The van der Waals surface area contributed by atoms with Gasteiger partial charge in [-0.1, -0.05) is 6.92 Å². The Morgan fingerprint density at radius 1 is 1.60 bits per heavy atom. The van der Waals surface area contributed by atoms with Crippen LogP contribution in [0.4, 0.5) is 5.13 Å². The first-order chi connectivity index (χ1) is 6.94. The summed E-state index contributed by atoms with van der Waals surface area (Å²) in [5.41, 5.74) is 0.286. The van der Waals surface area contributed by atoms with E-state index in [1.54, 1.807) is 6.92 Å². The lowest BCUT2D eigenvalue weighted by molar-refractivity contribution is 0.101. The van der Waals surface area contributed by atoms with E-state index in [4.69, 9.17) is 0 Å². The number of hydrogen-bond donors (Lipinski definition) is 1. The van der Waals surface area contributed by atoms with Crippen molar-refractivity contribution in [2.75, 3.05) is 10.5 Å². The number of sulfonamides is 1. The zero-order valence-corrected chi connectivity index (χ0v) is 10.1. The van der Waals surface area contributed by atoms with Crippen molar-refractivity contribution in [3.8, 4) is 0 Å². The molecule has 0 saturated heterocycles. The summed E-state index contributed by atoms with van der Waals surface area (Å²) in [6.45, 7) is 3.17. The van der Waals surface area contributed by atoms with Crippen molar-refractivity contribution in [1.82, 2.24) is 4.98 Å². The number of Topliss-reactive ketones (excluding diaryl/α,β-unsaturated/α-hetero) is 1. The summed E-state index contributed by atoms with van der Waals surface area (Å²) in [6.07, 6.45) is 0.542. The van der Waals surface area contributed by atoms with E-state index in [0.29, 0.717) is 6.42 Å². The number of nitrogens with zero attached hydrogens (tertiary/aromatic N) is 1. The summed E-state index contributed by atoms with van der Waals surface area (Å²) in [7, 11) is -3.31. The standard InChI is InChI=1S/C8H12N2O3S2/c1-3-4-15(12,13)10-8-9-7(5-14-8)6(2)11/h5H,3-4H2,1-2H3,(H,9,10). The molecule has 1 N–H and O–H groups in total. The van der Waals surface area contributed by atoms with Crippen LogP contribution in [0.5, 0.6) is 0 Å². The Morgan fingerprint density at radius 2 is 2.27 bits per heavy atom. The lowest BCUT2D eigenvalue weighted by Gasteiger charge is -2.01. The van der Waals surface area contributed by atoms with Crippen LogP contribution >= 0.6 is 11.3 Å². The lowest BCUT2D eigenvalue weighted by atomic mass is 10.4. The molecule has 1 rings (SSSR count). The van der Waals surface area contributed by atoms with E-state index in [-0.39, 0.29) is 22.4 Å². The third-order valence-electron chi connectivity index (χ3n) is 1.58. The third kappa shape index (κ3) is 3.60. The van der Waals surface area contributed by atoms with Crippen molar-refractivity contribution >= 4 is 32.3 Å².